The monoisotopic (exact) mass is 558 g/mol. The minimum atomic E-state index is -0.614. The summed E-state index contributed by atoms with van der Waals surface area (Å²) in [7, 11) is 7.30. The number of nitrogens with zero attached hydrogens (tertiary/aromatic N) is 7. The number of fused-ring (bicyclic) bond motifs is 1. The number of aromatic nitrogens is 5. The van der Waals surface area contributed by atoms with E-state index in [1.54, 1.807) is 38.1 Å². The number of hydrogen-bond acceptors (Lipinski definition) is 9. The van der Waals surface area contributed by atoms with Crippen LogP contribution in [0.5, 0.6) is 5.75 Å². The van der Waals surface area contributed by atoms with Crippen LogP contribution in [-0.4, -0.2) is 94.0 Å². The van der Waals surface area contributed by atoms with Crippen molar-refractivity contribution in [2.45, 2.75) is 44.2 Å². The number of aliphatic hydroxyl groups is 1. The quantitative estimate of drug-likeness (QED) is 0.302. The molecule has 5 rings (SSSR count). The SMILES string of the molecule is CNCC(O)COc1cccc(-c2nc(-c3cnc4c(C(=O)N(C)C)cnn4c3)cc(N(C)C3CCCCC3)n2)c1. The molecule has 1 atom stereocenters. The Morgan fingerprint density at radius 2 is 1.93 bits per heavy atom. The van der Waals surface area contributed by atoms with Crippen LogP contribution in [0, 0.1) is 0 Å². The van der Waals surface area contributed by atoms with Gasteiger partial charge in [-0.3, -0.25) is 4.79 Å². The number of amides is 1. The summed E-state index contributed by atoms with van der Waals surface area (Å²) in [6.07, 6.45) is 10.5. The van der Waals surface area contributed by atoms with Gasteiger partial charge in [0.2, 0.25) is 0 Å². The fourth-order valence-electron chi connectivity index (χ4n) is 5.16. The van der Waals surface area contributed by atoms with Crippen molar-refractivity contribution in [3.8, 4) is 28.4 Å². The Morgan fingerprint density at radius 3 is 2.68 bits per heavy atom. The number of carbonyl (C=O) groups excluding carboxylic acids is 1. The van der Waals surface area contributed by atoms with Gasteiger partial charge in [-0.1, -0.05) is 31.4 Å². The molecule has 1 aromatic carbocycles. The van der Waals surface area contributed by atoms with Gasteiger partial charge in [-0.2, -0.15) is 5.10 Å². The summed E-state index contributed by atoms with van der Waals surface area (Å²) in [6.45, 7) is 0.621. The maximum atomic E-state index is 12.6. The fourth-order valence-corrected chi connectivity index (χ4v) is 5.16. The first-order valence-corrected chi connectivity index (χ1v) is 14.1. The third kappa shape index (κ3) is 6.47. The van der Waals surface area contributed by atoms with Crippen LogP contribution in [-0.2, 0) is 0 Å². The Labute approximate surface area is 240 Å². The summed E-state index contributed by atoms with van der Waals surface area (Å²) >= 11 is 0. The van der Waals surface area contributed by atoms with Crippen LogP contribution in [0.15, 0.2) is 48.9 Å². The molecule has 41 heavy (non-hydrogen) atoms. The number of likely N-dealkylation sites (N-methyl/N-ethyl adjacent to an activating group) is 1. The molecule has 2 N–H and O–H groups in total. The topological polar surface area (TPSA) is 121 Å². The lowest BCUT2D eigenvalue weighted by Crippen LogP contribution is -2.34. The van der Waals surface area contributed by atoms with Gasteiger partial charge in [-0.05, 0) is 32.0 Å². The van der Waals surface area contributed by atoms with Crippen molar-refractivity contribution in [3.05, 3.63) is 54.5 Å². The summed E-state index contributed by atoms with van der Waals surface area (Å²) < 4.78 is 7.46. The third-order valence-corrected chi connectivity index (χ3v) is 7.46. The first-order valence-electron chi connectivity index (χ1n) is 14.1. The molecule has 0 spiro atoms. The Bertz CT molecular complexity index is 1500. The van der Waals surface area contributed by atoms with Gasteiger partial charge < -0.3 is 25.0 Å². The second-order valence-electron chi connectivity index (χ2n) is 10.8. The molecule has 216 valence electrons. The molecule has 0 aliphatic heterocycles. The van der Waals surface area contributed by atoms with Crippen molar-refractivity contribution in [1.82, 2.24) is 34.8 Å². The van der Waals surface area contributed by atoms with Crippen LogP contribution in [0.3, 0.4) is 0 Å². The molecule has 11 nitrogen and oxygen atoms in total. The smallest absolute Gasteiger partial charge is 0.258 e. The van der Waals surface area contributed by atoms with Gasteiger partial charge in [-0.15, -0.1) is 0 Å². The molecule has 1 fully saturated rings. The van der Waals surface area contributed by atoms with Crippen LogP contribution >= 0.6 is 0 Å². The van der Waals surface area contributed by atoms with Crippen LogP contribution < -0.4 is 15.0 Å². The molecule has 0 bridgehead atoms. The van der Waals surface area contributed by atoms with Gasteiger partial charge in [0.25, 0.3) is 5.91 Å². The molecule has 1 aliphatic rings. The van der Waals surface area contributed by atoms with E-state index in [4.69, 9.17) is 14.7 Å². The average Bonchev–Trinajstić information content (AvgIpc) is 3.43. The van der Waals surface area contributed by atoms with Crippen LogP contribution in [0.2, 0.25) is 0 Å². The highest BCUT2D eigenvalue weighted by Crippen LogP contribution is 2.31. The van der Waals surface area contributed by atoms with E-state index < -0.39 is 6.10 Å². The van der Waals surface area contributed by atoms with Gasteiger partial charge in [0.15, 0.2) is 11.5 Å². The number of carbonyl (C=O) groups is 1. The van der Waals surface area contributed by atoms with Gasteiger partial charge >= 0.3 is 0 Å². The van der Waals surface area contributed by atoms with Gasteiger partial charge in [0.1, 0.15) is 29.8 Å². The van der Waals surface area contributed by atoms with Crippen molar-refractivity contribution in [2.24, 2.45) is 0 Å². The Balaban J connectivity index is 1.53. The largest absolute Gasteiger partial charge is 0.491 e. The second-order valence-corrected chi connectivity index (χ2v) is 10.8. The lowest BCUT2D eigenvalue weighted by atomic mass is 9.94. The van der Waals surface area contributed by atoms with Crippen molar-refractivity contribution in [2.75, 3.05) is 46.2 Å². The maximum Gasteiger partial charge on any atom is 0.258 e. The van der Waals surface area contributed by atoms with Crippen molar-refractivity contribution in [1.29, 1.82) is 0 Å². The number of aliphatic hydroxyl groups excluding tert-OH is 1. The number of ether oxygens (including phenoxy) is 1. The van der Waals surface area contributed by atoms with E-state index in [0.29, 0.717) is 41.1 Å². The van der Waals surface area contributed by atoms with E-state index in [1.807, 2.05) is 36.5 Å². The van der Waals surface area contributed by atoms with Crippen LogP contribution in [0.25, 0.3) is 28.3 Å². The van der Waals surface area contributed by atoms with E-state index in [1.165, 1.54) is 24.2 Å². The number of anilines is 1. The minimum absolute atomic E-state index is 0.151. The number of nitrogens with one attached hydrogen (secondary N) is 1. The first kappa shape index (κ1) is 28.4. The third-order valence-electron chi connectivity index (χ3n) is 7.46. The van der Waals surface area contributed by atoms with E-state index in [-0.39, 0.29) is 12.5 Å². The molecule has 3 heterocycles. The standard InChI is InChI=1S/C30H38N8O3/c1-31-16-23(39)19-41-24-12-8-9-20(13-24)28-34-26(14-27(35-28)37(4)22-10-6-5-7-11-22)21-15-32-29-25(30(40)36(2)3)17-33-38(29)18-21/h8-9,12-15,17-18,22-23,31,39H,5-7,10-11,16,19H2,1-4H3. The molecule has 1 amide bonds. The summed E-state index contributed by atoms with van der Waals surface area (Å²) in [4.78, 5) is 30.8. The molecule has 1 aliphatic carbocycles. The van der Waals surface area contributed by atoms with E-state index in [9.17, 15) is 9.90 Å². The summed E-state index contributed by atoms with van der Waals surface area (Å²) in [5.74, 6) is 1.87. The highest BCUT2D eigenvalue weighted by molar-refractivity contribution is 5.99. The van der Waals surface area contributed by atoms with Gasteiger partial charge in [-0.25, -0.2) is 19.5 Å². The van der Waals surface area contributed by atoms with Crippen LogP contribution in [0.4, 0.5) is 5.82 Å². The van der Waals surface area contributed by atoms with E-state index >= 15 is 0 Å². The van der Waals surface area contributed by atoms with Gasteiger partial charge in [0.05, 0.1) is 11.9 Å². The summed E-state index contributed by atoms with van der Waals surface area (Å²) in [5, 5.41) is 17.4. The number of hydrogen-bond donors (Lipinski definition) is 2. The maximum absolute atomic E-state index is 12.6. The summed E-state index contributed by atoms with van der Waals surface area (Å²) in [5.41, 5.74) is 3.20. The normalized spacial score (nSPS) is 14.7. The number of rotatable bonds is 10. The Kier molecular flexibility index (Phi) is 8.75. The molecule has 4 aromatic rings. The number of benzene rings is 1. The zero-order valence-corrected chi connectivity index (χ0v) is 24.1. The Morgan fingerprint density at radius 1 is 1.12 bits per heavy atom. The van der Waals surface area contributed by atoms with Crippen molar-refractivity contribution >= 4 is 17.4 Å². The van der Waals surface area contributed by atoms with Gasteiger partial charge in [0, 0.05) is 63.3 Å². The highest BCUT2D eigenvalue weighted by atomic mass is 16.5. The fraction of sp³-hybridized carbons (Fsp3) is 0.433. The molecule has 0 radical (unpaired) electrons. The first-order chi connectivity index (χ1) is 19.8. The lowest BCUT2D eigenvalue weighted by molar-refractivity contribution is 0.0829. The van der Waals surface area contributed by atoms with Crippen molar-refractivity contribution in [3.63, 3.8) is 0 Å². The predicted octanol–water partition coefficient (Wildman–Crippen LogP) is 3.28. The van der Waals surface area contributed by atoms with E-state index in [2.05, 4.69) is 27.3 Å². The zero-order chi connectivity index (χ0) is 28.9. The molecular formula is C30H38N8O3. The zero-order valence-electron chi connectivity index (χ0n) is 24.1. The molecule has 1 unspecified atom stereocenters. The molecule has 0 saturated heterocycles. The average molecular weight is 559 g/mol. The summed E-state index contributed by atoms with van der Waals surface area (Å²) in [6, 6.07) is 10.0. The van der Waals surface area contributed by atoms with Crippen molar-refractivity contribution < 1.29 is 14.6 Å². The lowest BCUT2D eigenvalue weighted by Gasteiger charge is -2.32. The predicted molar refractivity (Wildman–Crippen MR) is 158 cm³/mol. The molecule has 3 aromatic heterocycles. The van der Waals surface area contributed by atoms with E-state index in [0.717, 1.165) is 29.8 Å². The molecule has 11 heteroatoms. The highest BCUT2D eigenvalue weighted by Gasteiger charge is 2.22. The van der Waals surface area contributed by atoms with Crippen LogP contribution in [0.1, 0.15) is 42.5 Å². The second kappa shape index (κ2) is 12.6. The molecular weight excluding hydrogens is 520 g/mol. The minimum Gasteiger partial charge on any atom is -0.491 e. The molecule has 1 saturated carbocycles. The Hall–Kier alpha value is -4.09.